The van der Waals surface area contributed by atoms with Crippen LogP contribution in [-0.2, 0) is 14.4 Å². The van der Waals surface area contributed by atoms with Crippen LogP contribution in [0.1, 0.15) is 26.3 Å². The van der Waals surface area contributed by atoms with Crippen LogP contribution < -0.4 is 4.74 Å². The minimum Gasteiger partial charge on any atom is -0.427 e. The fourth-order valence-corrected chi connectivity index (χ4v) is 1.20. The second-order valence-corrected chi connectivity index (χ2v) is 3.81. The molecule has 0 atom stereocenters. The van der Waals surface area contributed by atoms with Gasteiger partial charge in [-0.3, -0.25) is 4.79 Å². The molecule has 0 radical (unpaired) electrons. The summed E-state index contributed by atoms with van der Waals surface area (Å²) in [4.78, 5) is 25.8. The summed E-state index contributed by atoms with van der Waals surface area (Å²) in [5.74, 6) is -0.318. The van der Waals surface area contributed by atoms with Crippen molar-refractivity contribution < 1.29 is 19.2 Å². The summed E-state index contributed by atoms with van der Waals surface area (Å²) in [5, 5.41) is 3.61. The molecule has 0 bridgehead atoms. The van der Waals surface area contributed by atoms with Gasteiger partial charge >= 0.3 is 11.9 Å². The standard InChI is InChI=1S/C14H15NO4/c1-10(15-19-12(3)17)4-5-13-6-8-14(9-7-13)18-11(2)16/h4-9H,1-3H3. The SMILES string of the molecule is CC(=O)ON=C(C)C=Cc1ccc(OC(C)=O)cc1. The molecule has 0 amide bonds. The Morgan fingerprint density at radius 3 is 2.21 bits per heavy atom. The first-order valence-electron chi connectivity index (χ1n) is 5.66. The van der Waals surface area contributed by atoms with Crippen LogP contribution in [0.2, 0.25) is 0 Å². The number of carbonyl (C=O) groups excluding carboxylic acids is 2. The molecule has 0 N–H and O–H groups in total. The van der Waals surface area contributed by atoms with Crippen LogP contribution in [0.4, 0.5) is 0 Å². The number of benzene rings is 1. The second-order valence-electron chi connectivity index (χ2n) is 3.81. The van der Waals surface area contributed by atoms with Gasteiger partial charge in [0.05, 0.1) is 5.71 Å². The molecular weight excluding hydrogens is 246 g/mol. The van der Waals surface area contributed by atoms with Crippen molar-refractivity contribution in [1.29, 1.82) is 0 Å². The second kappa shape index (κ2) is 7.10. The van der Waals surface area contributed by atoms with Crippen LogP contribution in [0.15, 0.2) is 35.5 Å². The molecule has 0 aliphatic heterocycles. The summed E-state index contributed by atoms with van der Waals surface area (Å²) >= 11 is 0. The lowest BCUT2D eigenvalue weighted by Gasteiger charge is -2.00. The van der Waals surface area contributed by atoms with Crippen molar-refractivity contribution in [3.05, 3.63) is 35.9 Å². The Kier molecular flexibility index (Phi) is 5.47. The fraction of sp³-hybridized carbons (Fsp3) is 0.214. The van der Waals surface area contributed by atoms with E-state index < -0.39 is 5.97 Å². The number of hydrogen-bond donors (Lipinski definition) is 0. The predicted molar refractivity (Wildman–Crippen MR) is 71.7 cm³/mol. The first-order chi connectivity index (χ1) is 8.97. The smallest absolute Gasteiger partial charge is 0.331 e. The van der Waals surface area contributed by atoms with Gasteiger partial charge in [-0.25, -0.2) is 4.79 Å². The van der Waals surface area contributed by atoms with E-state index in [9.17, 15) is 9.59 Å². The van der Waals surface area contributed by atoms with Crippen molar-refractivity contribution in [2.24, 2.45) is 5.16 Å². The van der Waals surface area contributed by atoms with E-state index in [1.165, 1.54) is 13.8 Å². The van der Waals surface area contributed by atoms with Gasteiger partial charge in [-0.2, -0.15) is 0 Å². The third-order valence-corrected chi connectivity index (χ3v) is 1.98. The van der Waals surface area contributed by atoms with Crippen molar-refractivity contribution in [3.8, 4) is 5.75 Å². The summed E-state index contributed by atoms with van der Waals surface area (Å²) in [6.45, 7) is 4.35. The van der Waals surface area contributed by atoms with Crippen molar-refractivity contribution in [1.82, 2.24) is 0 Å². The molecule has 0 unspecified atom stereocenters. The average Bonchev–Trinajstić information content (AvgIpc) is 2.35. The first kappa shape index (κ1) is 14.6. The number of ether oxygens (including phenoxy) is 1. The predicted octanol–water partition coefficient (Wildman–Crippen LogP) is 2.56. The molecule has 19 heavy (non-hydrogen) atoms. The largest absolute Gasteiger partial charge is 0.427 e. The number of carbonyl (C=O) groups is 2. The van der Waals surface area contributed by atoms with Crippen molar-refractivity contribution in [2.75, 3.05) is 0 Å². The van der Waals surface area contributed by atoms with Gasteiger partial charge in [0.25, 0.3) is 0 Å². The molecule has 0 spiro atoms. The van der Waals surface area contributed by atoms with Crippen LogP contribution in [0, 0.1) is 0 Å². The van der Waals surface area contributed by atoms with Crippen LogP contribution in [-0.4, -0.2) is 17.7 Å². The zero-order valence-corrected chi connectivity index (χ0v) is 11.0. The fourth-order valence-electron chi connectivity index (χ4n) is 1.20. The normalized spacial score (nSPS) is 11.4. The quantitative estimate of drug-likeness (QED) is 0.275. The number of rotatable bonds is 4. The molecule has 1 aromatic rings. The number of esters is 1. The summed E-state index contributed by atoms with van der Waals surface area (Å²) < 4.78 is 4.92. The van der Waals surface area contributed by atoms with Gasteiger partial charge < -0.3 is 9.57 Å². The molecule has 0 aromatic heterocycles. The zero-order valence-electron chi connectivity index (χ0n) is 11.0. The van der Waals surface area contributed by atoms with Crippen LogP contribution in [0.3, 0.4) is 0 Å². The Morgan fingerprint density at radius 2 is 1.68 bits per heavy atom. The van der Waals surface area contributed by atoms with E-state index >= 15 is 0 Å². The lowest BCUT2D eigenvalue weighted by atomic mass is 10.2. The van der Waals surface area contributed by atoms with Gasteiger partial charge in [-0.1, -0.05) is 23.4 Å². The molecular formula is C14H15NO4. The molecule has 5 heteroatoms. The minimum absolute atomic E-state index is 0.354. The van der Waals surface area contributed by atoms with E-state index in [-0.39, 0.29) is 5.97 Å². The maximum absolute atomic E-state index is 10.7. The van der Waals surface area contributed by atoms with Crippen molar-refractivity contribution in [2.45, 2.75) is 20.8 Å². The van der Waals surface area contributed by atoms with E-state index in [1.807, 2.05) is 0 Å². The van der Waals surface area contributed by atoms with Crippen molar-refractivity contribution >= 4 is 23.7 Å². The van der Waals surface area contributed by atoms with Crippen LogP contribution >= 0.6 is 0 Å². The Labute approximate surface area is 111 Å². The van der Waals surface area contributed by atoms with E-state index in [0.717, 1.165) is 5.56 Å². The Balaban J connectivity index is 2.64. The topological polar surface area (TPSA) is 65.0 Å². The minimum atomic E-state index is -0.460. The summed E-state index contributed by atoms with van der Waals surface area (Å²) in [6.07, 6.45) is 3.52. The highest BCUT2D eigenvalue weighted by molar-refractivity contribution is 5.96. The molecule has 0 saturated carbocycles. The molecule has 0 fully saturated rings. The van der Waals surface area contributed by atoms with Gasteiger partial charge in [0.2, 0.25) is 0 Å². The van der Waals surface area contributed by atoms with E-state index in [4.69, 9.17) is 4.74 Å². The Bertz CT molecular complexity index is 515. The molecule has 0 aliphatic rings. The molecule has 0 heterocycles. The number of oxime groups is 1. The third-order valence-electron chi connectivity index (χ3n) is 1.98. The summed E-state index contributed by atoms with van der Waals surface area (Å²) in [6, 6.07) is 6.99. The average molecular weight is 261 g/mol. The van der Waals surface area contributed by atoms with Gasteiger partial charge in [-0.05, 0) is 30.7 Å². The summed E-state index contributed by atoms with van der Waals surface area (Å²) in [5.41, 5.74) is 1.48. The first-order valence-corrected chi connectivity index (χ1v) is 5.66. The molecule has 1 aromatic carbocycles. The molecule has 0 aliphatic carbocycles. The molecule has 100 valence electrons. The van der Waals surface area contributed by atoms with Gasteiger partial charge in [-0.15, -0.1) is 0 Å². The highest BCUT2D eigenvalue weighted by Crippen LogP contribution is 2.13. The van der Waals surface area contributed by atoms with Gasteiger partial charge in [0.15, 0.2) is 0 Å². The maximum Gasteiger partial charge on any atom is 0.331 e. The van der Waals surface area contributed by atoms with E-state index in [0.29, 0.717) is 11.5 Å². The monoisotopic (exact) mass is 261 g/mol. The lowest BCUT2D eigenvalue weighted by Crippen LogP contribution is -2.00. The number of allylic oxidation sites excluding steroid dienone is 1. The third kappa shape index (κ3) is 6.16. The lowest BCUT2D eigenvalue weighted by molar-refractivity contribution is -0.141. The Morgan fingerprint density at radius 1 is 1.05 bits per heavy atom. The molecule has 0 saturated heterocycles. The molecule has 1 rings (SSSR count). The van der Waals surface area contributed by atoms with Gasteiger partial charge in [0, 0.05) is 13.8 Å². The van der Waals surface area contributed by atoms with E-state index in [1.54, 1.807) is 43.3 Å². The maximum atomic E-state index is 10.7. The zero-order chi connectivity index (χ0) is 14.3. The summed E-state index contributed by atoms with van der Waals surface area (Å²) in [7, 11) is 0. The van der Waals surface area contributed by atoms with Crippen molar-refractivity contribution in [3.63, 3.8) is 0 Å². The number of hydrogen-bond acceptors (Lipinski definition) is 5. The van der Waals surface area contributed by atoms with E-state index in [2.05, 4.69) is 9.99 Å². The molecule has 5 nitrogen and oxygen atoms in total. The van der Waals surface area contributed by atoms with Crippen LogP contribution in [0.25, 0.3) is 6.08 Å². The highest BCUT2D eigenvalue weighted by atomic mass is 16.7. The number of nitrogens with zero attached hydrogens (tertiary/aromatic N) is 1. The Hall–Kier alpha value is -2.43. The van der Waals surface area contributed by atoms with Gasteiger partial charge in [0.1, 0.15) is 5.75 Å². The van der Waals surface area contributed by atoms with Crippen LogP contribution in [0.5, 0.6) is 5.75 Å². The highest BCUT2D eigenvalue weighted by Gasteiger charge is 1.97.